The summed E-state index contributed by atoms with van der Waals surface area (Å²) in [5.74, 6) is -0.0486. The van der Waals surface area contributed by atoms with Crippen molar-refractivity contribution in [2.24, 2.45) is 0 Å². The molecule has 0 aliphatic heterocycles. The highest BCUT2D eigenvalue weighted by molar-refractivity contribution is 7.89. The van der Waals surface area contributed by atoms with E-state index in [2.05, 4.69) is 0 Å². The average molecular weight is 326 g/mol. The molecule has 2 N–H and O–H groups in total. The molecule has 5 nitrogen and oxygen atoms in total. The zero-order valence-corrected chi connectivity index (χ0v) is 12.5. The van der Waals surface area contributed by atoms with Gasteiger partial charge in [0.2, 0.25) is 10.0 Å². The number of sulfonamides is 1. The number of nitrogen functional groups attached to an aromatic ring is 1. The topological polar surface area (TPSA) is 72.6 Å². The van der Waals surface area contributed by atoms with Gasteiger partial charge >= 0.3 is 6.18 Å². The van der Waals surface area contributed by atoms with Crippen LogP contribution in [0.3, 0.4) is 0 Å². The summed E-state index contributed by atoms with van der Waals surface area (Å²) in [5, 5.41) is 0. The Kier molecular flexibility index (Phi) is 5.46. The lowest BCUT2D eigenvalue weighted by Gasteiger charge is -2.23. The van der Waals surface area contributed by atoms with Crippen LogP contribution in [0.1, 0.15) is 13.3 Å². The molecule has 0 radical (unpaired) electrons. The zero-order chi connectivity index (χ0) is 16.3. The molecule has 0 unspecified atom stereocenters. The number of rotatable bonds is 6. The van der Waals surface area contributed by atoms with Crippen molar-refractivity contribution < 1.29 is 26.3 Å². The highest BCUT2D eigenvalue weighted by atomic mass is 32.2. The summed E-state index contributed by atoms with van der Waals surface area (Å²) in [5.41, 5.74) is 5.64. The summed E-state index contributed by atoms with van der Waals surface area (Å²) in [6, 6.07) is 3.80. The smallest absolute Gasteiger partial charge is 0.402 e. The predicted molar refractivity (Wildman–Crippen MR) is 72.5 cm³/mol. The molecule has 0 fully saturated rings. The third-order valence-electron chi connectivity index (χ3n) is 2.63. The molecule has 120 valence electrons. The molecule has 0 bridgehead atoms. The van der Waals surface area contributed by atoms with Crippen LogP contribution in [-0.4, -0.2) is 39.1 Å². The van der Waals surface area contributed by atoms with Crippen LogP contribution in [-0.2, 0) is 10.0 Å². The molecule has 0 amide bonds. The standard InChI is InChI=1S/C12H17F3N2O3S/c1-3-6-17(8-12(13,14)15)21(18,19)11-7-9(16)4-5-10(11)20-2/h4-5,7H,3,6,8,16H2,1-2H3. The molecular formula is C12H17F3N2O3S. The maximum atomic E-state index is 12.6. The fourth-order valence-electron chi connectivity index (χ4n) is 1.77. The number of alkyl halides is 3. The van der Waals surface area contributed by atoms with E-state index in [4.69, 9.17) is 10.5 Å². The molecule has 0 heterocycles. The summed E-state index contributed by atoms with van der Waals surface area (Å²) >= 11 is 0. The minimum absolute atomic E-state index is 0.0486. The van der Waals surface area contributed by atoms with Crippen molar-refractivity contribution >= 4 is 15.7 Å². The molecule has 0 aliphatic rings. The monoisotopic (exact) mass is 326 g/mol. The van der Waals surface area contributed by atoms with E-state index in [0.717, 1.165) is 6.07 Å². The number of methoxy groups -OCH3 is 1. The van der Waals surface area contributed by atoms with Crippen LogP contribution in [0.15, 0.2) is 23.1 Å². The van der Waals surface area contributed by atoms with Gasteiger partial charge in [0.25, 0.3) is 0 Å². The Morgan fingerprint density at radius 3 is 2.43 bits per heavy atom. The Morgan fingerprint density at radius 2 is 1.95 bits per heavy atom. The number of hydrogen-bond acceptors (Lipinski definition) is 4. The number of anilines is 1. The van der Waals surface area contributed by atoms with Crippen LogP contribution in [0, 0.1) is 0 Å². The van der Waals surface area contributed by atoms with Crippen molar-refractivity contribution in [3.05, 3.63) is 18.2 Å². The van der Waals surface area contributed by atoms with Crippen molar-refractivity contribution in [2.45, 2.75) is 24.4 Å². The van der Waals surface area contributed by atoms with Gasteiger partial charge in [-0.25, -0.2) is 8.42 Å². The first-order valence-corrected chi connectivity index (χ1v) is 7.56. The van der Waals surface area contributed by atoms with E-state index in [-0.39, 0.29) is 29.3 Å². The van der Waals surface area contributed by atoms with E-state index in [9.17, 15) is 21.6 Å². The molecule has 9 heteroatoms. The minimum atomic E-state index is -4.63. The van der Waals surface area contributed by atoms with Gasteiger partial charge in [-0.15, -0.1) is 0 Å². The largest absolute Gasteiger partial charge is 0.495 e. The molecule has 0 aliphatic carbocycles. The van der Waals surface area contributed by atoms with Gasteiger partial charge in [0.15, 0.2) is 0 Å². The molecule has 0 saturated heterocycles. The fraction of sp³-hybridized carbons (Fsp3) is 0.500. The number of hydrogen-bond donors (Lipinski definition) is 1. The Hall–Kier alpha value is -1.48. The Bertz CT molecular complexity index is 588. The van der Waals surface area contributed by atoms with Gasteiger partial charge in [0, 0.05) is 12.2 Å². The molecule has 1 rings (SSSR count). The molecule has 0 spiro atoms. The van der Waals surface area contributed by atoms with Gasteiger partial charge < -0.3 is 10.5 Å². The zero-order valence-electron chi connectivity index (χ0n) is 11.6. The summed E-state index contributed by atoms with van der Waals surface area (Å²) < 4.78 is 67.9. The van der Waals surface area contributed by atoms with Crippen LogP contribution in [0.25, 0.3) is 0 Å². The van der Waals surface area contributed by atoms with Gasteiger partial charge in [-0.2, -0.15) is 17.5 Å². The number of halogens is 3. The lowest BCUT2D eigenvalue weighted by Crippen LogP contribution is -2.39. The van der Waals surface area contributed by atoms with Crippen LogP contribution >= 0.6 is 0 Å². The highest BCUT2D eigenvalue weighted by Crippen LogP contribution is 2.30. The second-order valence-corrected chi connectivity index (χ2v) is 6.27. The number of ether oxygens (including phenoxy) is 1. The number of nitrogens with two attached hydrogens (primary N) is 1. The summed E-state index contributed by atoms with van der Waals surface area (Å²) in [6.45, 7) is -0.212. The first-order valence-electron chi connectivity index (χ1n) is 6.12. The molecular weight excluding hydrogens is 309 g/mol. The van der Waals surface area contributed by atoms with Gasteiger partial charge in [-0.05, 0) is 24.6 Å². The number of benzene rings is 1. The van der Waals surface area contributed by atoms with Gasteiger partial charge in [-0.1, -0.05) is 6.92 Å². The third-order valence-corrected chi connectivity index (χ3v) is 4.50. The second-order valence-electron chi connectivity index (χ2n) is 4.36. The van der Waals surface area contributed by atoms with E-state index in [1.54, 1.807) is 6.92 Å². The minimum Gasteiger partial charge on any atom is -0.495 e. The molecule has 0 atom stereocenters. The van der Waals surface area contributed by atoms with E-state index in [0.29, 0.717) is 4.31 Å². The van der Waals surface area contributed by atoms with Gasteiger partial charge in [-0.3, -0.25) is 0 Å². The van der Waals surface area contributed by atoms with Crippen molar-refractivity contribution in [2.75, 3.05) is 25.9 Å². The molecule has 21 heavy (non-hydrogen) atoms. The fourth-order valence-corrected chi connectivity index (χ4v) is 3.48. The molecule has 0 aromatic heterocycles. The molecule has 1 aromatic rings. The van der Waals surface area contributed by atoms with E-state index in [1.165, 1.54) is 19.2 Å². The second kappa shape index (κ2) is 6.52. The third kappa shape index (κ3) is 4.50. The summed E-state index contributed by atoms with van der Waals surface area (Å²) in [4.78, 5) is -0.372. The maximum absolute atomic E-state index is 12.6. The SMILES string of the molecule is CCCN(CC(F)(F)F)S(=O)(=O)c1cc(N)ccc1OC. The lowest BCUT2D eigenvalue weighted by atomic mass is 10.3. The van der Waals surface area contributed by atoms with Crippen LogP contribution in [0.4, 0.5) is 18.9 Å². The molecule has 0 saturated carbocycles. The van der Waals surface area contributed by atoms with Gasteiger partial charge in [0.1, 0.15) is 17.2 Å². The normalized spacial score (nSPS) is 12.7. The Balaban J connectivity index is 3.32. The summed E-state index contributed by atoms with van der Waals surface area (Å²) in [6.07, 6.45) is -4.38. The molecule has 1 aromatic carbocycles. The Morgan fingerprint density at radius 1 is 1.33 bits per heavy atom. The average Bonchev–Trinajstić information content (AvgIpc) is 2.36. The Labute approximate surface area is 121 Å². The highest BCUT2D eigenvalue weighted by Gasteiger charge is 2.37. The van der Waals surface area contributed by atoms with Crippen molar-refractivity contribution in [1.82, 2.24) is 4.31 Å². The first-order chi connectivity index (χ1) is 9.61. The van der Waals surface area contributed by atoms with E-state index >= 15 is 0 Å². The summed E-state index contributed by atoms with van der Waals surface area (Å²) in [7, 11) is -3.12. The number of nitrogens with zero attached hydrogens (tertiary/aromatic N) is 1. The van der Waals surface area contributed by atoms with Crippen LogP contribution in [0.5, 0.6) is 5.75 Å². The van der Waals surface area contributed by atoms with Gasteiger partial charge in [0.05, 0.1) is 7.11 Å². The van der Waals surface area contributed by atoms with Crippen LogP contribution < -0.4 is 10.5 Å². The van der Waals surface area contributed by atoms with Crippen molar-refractivity contribution in [3.63, 3.8) is 0 Å². The quantitative estimate of drug-likeness (QED) is 0.814. The lowest BCUT2D eigenvalue weighted by molar-refractivity contribution is -0.136. The first kappa shape index (κ1) is 17.6. The maximum Gasteiger partial charge on any atom is 0.402 e. The van der Waals surface area contributed by atoms with E-state index < -0.39 is 22.7 Å². The van der Waals surface area contributed by atoms with E-state index in [1.807, 2.05) is 0 Å². The predicted octanol–water partition coefficient (Wildman–Crippen LogP) is 2.24. The van der Waals surface area contributed by atoms with Crippen LogP contribution in [0.2, 0.25) is 0 Å². The van der Waals surface area contributed by atoms with Crippen molar-refractivity contribution in [1.29, 1.82) is 0 Å². The van der Waals surface area contributed by atoms with Crippen molar-refractivity contribution in [3.8, 4) is 5.75 Å².